The van der Waals surface area contributed by atoms with Crippen molar-refractivity contribution in [3.05, 3.63) is 88.9 Å². The SMILES string of the molecule is O=C(c1ccc(O)cc1)C1CCN(C(=O)c2ccc(S(=O)(=O)Nc3ccc(Cl)cc3)cc2)CC1. The van der Waals surface area contributed by atoms with Crippen LogP contribution < -0.4 is 4.72 Å². The van der Waals surface area contributed by atoms with E-state index in [9.17, 15) is 23.1 Å². The molecule has 2 N–H and O–H groups in total. The van der Waals surface area contributed by atoms with Gasteiger partial charge in [-0.15, -0.1) is 0 Å². The van der Waals surface area contributed by atoms with E-state index in [1.807, 2.05) is 0 Å². The second-order valence-electron chi connectivity index (χ2n) is 8.11. The van der Waals surface area contributed by atoms with E-state index >= 15 is 0 Å². The number of hydrogen-bond acceptors (Lipinski definition) is 5. The van der Waals surface area contributed by atoms with E-state index in [-0.39, 0.29) is 28.3 Å². The van der Waals surface area contributed by atoms with Crippen LogP contribution in [0.4, 0.5) is 5.69 Å². The summed E-state index contributed by atoms with van der Waals surface area (Å²) in [5.41, 5.74) is 1.31. The van der Waals surface area contributed by atoms with E-state index in [4.69, 9.17) is 11.6 Å². The summed E-state index contributed by atoms with van der Waals surface area (Å²) < 4.78 is 27.7. The molecule has 3 aromatic carbocycles. The Morgan fingerprint density at radius 2 is 1.41 bits per heavy atom. The molecule has 0 atom stereocenters. The Labute approximate surface area is 203 Å². The summed E-state index contributed by atoms with van der Waals surface area (Å²) in [4.78, 5) is 27.3. The molecule has 9 heteroatoms. The zero-order chi connectivity index (χ0) is 24.3. The quantitative estimate of drug-likeness (QED) is 0.484. The number of amides is 1. The summed E-state index contributed by atoms with van der Waals surface area (Å²) >= 11 is 5.83. The molecule has 3 aromatic rings. The second kappa shape index (κ2) is 9.87. The Balaban J connectivity index is 1.37. The predicted octanol–water partition coefficient (Wildman–Crippen LogP) is 4.58. The molecule has 1 aliphatic heterocycles. The third-order valence-corrected chi connectivity index (χ3v) is 7.46. The number of carbonyl (C=O) groups is 2. The van der Waals surface area contributed by atoms with Gasteiger partial charge in [0.05, 0.1) is 4.90 Å². The van der Waals surface area contributed by atoms with Crippen LogP contribution in [-0.4, -0.2) is 43.2 Å². The van der Waals surface area contributed by atoms with Gasteiger partial charge in [-0.25, -0.2) is 8.42 Å². The minimum atomic E-state index is -3.81. The van der Waals surface area contributed by atoms with Crippen molar-refractivity contribution in [3.8, 4) is 5.75 Å². The molecule has 0 unspecified atom stereocenters. The van der Waals surface area contributed by atoms with Crippen molar-refractivity contribution in [2.75, 3.05) is 17.8 Å². The van der Waals surface area contributed by atoms with E-state index in [0.29, 0.717) is 47.8 Å². The van der Waals surface area contributed by atoms with E-state index in [1.165, 1.54) is 36.4 Å². The fraction of sp³-hybridized carbons (Fsp3) is 0.200. The highest BCUT2D eigenvalue weighted by atomic mass is 35.5. The Hall–Kier alpha value is -3.36. The highest BCUT2D eigenvalue weighted by Gasteiger charge is 2.28. The highest BCUT2D eigenvalue weighted by molar-refractivity contribution is 7.92. The molecule has 1 heterocycles. The maximum absolute atomic E-state index is 12.9. The van der Waals surface area contributed by atoms with Gasteiger partial charge in [0.1, 0.15) is 5.75 Å². The zero-order valence-electron chi connectivity index (χ0n) is 18.1. The molecule has 1 fully saturated rings. The molecule has 4 rings (SSSR count). The summed E-state index contributed by atoms with van der Waals surface area (Å²) in [7, 11) is -3.81. The number of sulfonamides is 1. The minimum absolute atomic E-state index is 0.00912. The van der Waals surface area contributed by atoms with Crippen molar-refractivity contribution in [2.24, 2.45) is 5.92 Å². The number of phenolic OH excluding ortho intramolecular Hbond substituents is 1. The first-order chi connectivity index (χ1) is 16.2. The molecule has 0 bridgehead atoms. The second-order valence-corrected chi connectivity index (χ2v) is 10.2. The van der Waals surface area contributed by atoms with Gasteiger partial charge in [0, 0.05) is 40.8 Å². The van der Waals surface area contributed by atoms with Crippen molar-refractivity contribution in [2.45, 2.75) is 17.7 Å². The molecule has 1 amide bonds. The van der Waals surface area contributed by atoms with Crippen LogP contribution >= 0.6 is 11.6 Å². The Kier molecular flexibility index (Phi) is 6.90. The monoisotopic (exact) mass is 498 g/mol. The molecule has 1 saturated heterocycles. The van der Waals surface area contributed by atoms with Gasteiger partial charge in [-0.3, -0.25) is 14.3 Å². The number of anilines is 1. The van der Waals surface area contributed by atoms with Crippen molar-refractivity contribution in [1.29, 1.82) is 0 Å². The number of benzene rings is 3. The van der Waals surface area contributed by atoms with E-state index in [1.54, 1.807) is 41.3 Å². The minimum Gasteiger partial charge on any atom is -0.508 e. The van der Waals surface area contributed by atoms with Gasteiger partial charge in [-0.05, 0) is 85.6 Å². The lowest BCUT2D eigenvalue weighted by molar-refractivity contribution is 0.0650. The fourth-order valence-corrected chi connectivity index (χ4v) is 5.08. The fourth-order valence-electron chi connectivity index (χ4n) is 3.90. The molecule has 176 valence electrons. The van der Waals surface area contributed by atoms with Gasteiger partial charge in [0.25, 0.3) is 15.9 Å². The van der Waals surface area contributed by atoms with Crippen LogP contribution in [0.15, 0.2) is 77.7 Å². The summed E-state index contributed by atoms with van der Waals surface area (Å²) in [5.74, 6) is -0.267. The lowest BCUT2D eigenvalue weighted by Gasteiger charge is -2.31. The van der Waals surface area contributed by atoms with Crippen LogP contribution in [0.2, 0.25) is 5.02 Å². The number of piperidine rings is 1. The molecule has 0 aromatic heterocycles. The number of rotatable bonds is 6. The third kappa shape index (κ3) is 5.40. The first kappa shape index (κ1) is 23.8. The number of likely N-dealkylation sites (tertiary alicyclic amines) is 1. The van der Waals surface area contributed by atoms with E-state index in [0.717, 1.165) is 0 Å². The largest absolute Gasteiger partial charge is 0.508 e. The summed E-state index contributed by atoms with van der Waals surface area (Å²) in [6.45, 7) is 0.872. The average Bonchev–Trinajstić information content (AvgIpc) is 2.85. The predicted molar refractivity (Wildman–Crippen MR) is 130 cm³/mol. The maximum atomic E-state index is 12.9. The number of Topliss-reactive ketones (excluding diaryl/α,β-unsaturated/α-hetero) is 1. The van der Waals surface area contributed by atoms with Crippen molar-refractivity contribution >= 4 is 39.0 Å². The Bertz CT molecular complexity index is 1280. The number of hydrogen-bond donors (Lipinski definition) is 2. The zero-order valence-corrected chi connectivity index (χ0v) is 19.7. The lowest BCUT2D eigenvalue weighted by atomic mass is 9.88. The third-order valence-electron chi connectivity index (χ3n) is 5.81. The normalized spacial score (nSPS) is 14.6. The first-order valence-electron chi connectivity index (χ1n) is 10.7. The number of phenols is 1. The van der Waals surface area contributed by atoms with Crippen LogP contribution in [0.5, 0.6) is 5.75 Å². The lowest BCUT2D eigenvalue weighted by Crippen LogP contribution is -2.40. The van der Waals surface area contributed by atoms with E-state index in [2.05, 4.69) is 4.72 Å². The number of nitrogens with one attached hydrogen (secondary N) is 1. The van der Waals surface area contributed by atoms with Gasteiger partial charge in [-0.1, -0.05) is 11.6 Å². The number of ketones is 1. The number of carbonyl (C=O) groups excluding carboxylic acids is 2. The highest BCUT2D eigenvalue weighted by Crippen LogP contribution is 2.25. The summed E-state index contributed by atoms with van der Waals surface area (Å²) in [5, 5.41) is 9.89. The van der Waals surface area contributed by atoms with Crippen LogP contribution in [0, 0.1) is 5.92 Å². The molecule has 0 spiro atoms. The molecule has 34 heavy (non-hydrogen) atoms. The first-order valence-corrected chi connectivity index (χ1v) is 12.6. The molecular weight excluding hydrogens is 476 g/mol. The van der Waals surface area contributed by atoms with Gasteiger partial charge >= 0.3 is 0 Å². The van der Waals surface area contributed by atoms with Crippen molar-refractivity contribution in [1.82, 2.24) is 4.90 Å². The molecule has 7 nitrogen and oxygen atoms in total. The molecular formula is C25H23ClN2O5S. The number of nitrogens with zero attached hydrogens (tertiary/aromatic N) is 1. The van der Waals surface area contributed by atoms with E-state index < -0.39 is 10.0 Å². The van der Waals surface area contributed by atoms with Gasteiger partial charge in [0.15, 0.2) is 5.78 Å². The molecule has 1 aliphatic rings. The maximum Gasteiger partial charge on any atom is 0.261 e. The molecule has 0 saturated carbocycles. The van der Waals surface area contributed by atoms with Crippen LogP contribution in [0.1, 0.15) is 33.6 Å². The van der Waals surface area contributed by atoms with Crippen LogP contribution in [-0.2, 0) is 10.0 Å². The Morgan fingerprint density at radius 1 is 0.853 bits per heavy atom. The van der Waals surface area contributed by atoms with Crippen LogP contribution in [0.25, 0.3) is 0 Å². The average molecular weight is 499 g/mol. The number of halogens is 1. The van der Waals surface area contributed by atoms with Crippen molar-refractivity contribution < 1.29 is 23.1 Å². The molecule has 0 radical (unpaired) electrons. The van der Waals surface area contributed by atoms with Gasteiger partial charge in [0.2, 0.25) is 0 Å². The van der Waals surface area contributed by atoms with Crippen LogP contribution in [0.3, 0.4) is 0 Å². The summed E-state index contributed by atoms with van der Waals surface area (Å²) in [6.07, 6.45) is 1.09. The summed E-state index contributed by atoms with van der Waals surface area (Å²) in [6, 6.07) is 18.3. The number of aromatic hydroxyl groups is 1. The smallest absolute Gasteiger partial charge is 0.261 e. The van der Waals surface area contributed by atoms with Crippen molar-refractivity contribution in [3.63, 3.8) is 0 Å². The van der Waals surface area contributed by atoms with Gasteiger partial charge in [-0.2, -0.15) is 0 Å². The molecule has 0 aliphatic carbocycles. The standard InChI is InChI=1S/C25H23ClN2O5S/c26-20-5-7-21(8-6-20)27-34(32,33)23-11-3-19(4-12-23)25(31)28-15-13-18(14-16-28)24(30)17-1-9-22(29)10-2-17/h1-12,18,27,29H,13-16H2. The topological polar surface area (TPSA) is 104 Å². The van der Waals surface area contributed by atoms with Gasteiger partial charge < -0.3 is 10.0 Å². The Morgan fingerprint density at radius 3 is 2.00 bits per heavy atom.